The lowest BCUT2D eigenvalue weighted by Gasteiger charge is -2.12. The number of carbonyl (C=O) groups excluding carboxylic acids is 1. The van der Waals surface area contributed by atoms with Gasteiger partial charge in [-0.05, 0) is 83.0 Å². The molecule has 0 bridgehead atoms. The monoisotopic (exact) mass is 556 g/mol. The molecule has 1 saturated heterocycles. The fourth-order valence-corrected chi connectivity index (χ4v) is 5.07. The molecule has 0 aliphatic carbocycles. The number of amides is 1. The number of anilines is 1. The highest BCUT2D eigenvalue weighted by atomic mass is 127. The van der Waals surface area contributed by atoms with Gasteiger partial charge in [0.05, 0.1) is 8.48 Å². The number of rotatable bonds is 7. The number of hydrogen-bond acceptors (Lipinski definition) is 4. The molecule has 0 spiro atoms. The minimum Gasteiger partial charge on any atom is -0.488 e. The molecular formula is C26H25IN2O2S. The first-order valence-corrected chi connectivity index (χ1v) is 12.5. The lowest BCUT2D eigenvalue weighted by atomic mass is 10.1. The van der Waals surface area contributed by atoms with Crippen molar-refractivity contribution in [2.45, 2.75) is 32.4 Å². The minimum atomic E-state index is -0.183. The molecule has 4 nitrogen and oxygen atoms in total. The summed E-state index contributed by atoms with van der Waals surface area (Å²) in [4.78, 5) is 13.1. The molecule has 1 aliphatic rings. The van der Waals surface area contributed by atoms with Crippen molar-refractivity contribution in [3.05, 3.63) is 97.5 Å². The van der Waals surface area contributed by atoms with Crippen molar-refractivity contribution in [1.82, 2.24) is 5.32 Å². The van der Waals surface area contributed by atoms with Crippen LogP contribution in [0.25, 0.3) is 6.08 Å². The second kappa shape index (κ2) is 10.4. The molecule has 0 unspecified atom stereocenters. The Hall–Kier alpha value is -2.45. The van der Waals surface area contributed by atoms with Crippen molar-refractivity contribution in [1.29, 1.82) is 0 Å². The van der Waals surface area contributed by atoms with Gasteiger partial charge in [0, 0.05) is 5.69 Å². The normalized spacial score (nSPS) is 16.8. The Morgan fingerprint density at radius 3 is 2.62 bits per heavy atom. The van der Waals surface area contributed by atoms with Gasteiger partial charge in [-0.2, -0.15) is 0 Å². The third-order valence-electron chi connectivity index (χ3n) is 5.12. The van der Waals surface area contributed by atoms with Gasteiger partial charge in [0.1, 0.15) is 12.4 Å². The van der Waals surface area contributed by atoms with Crippen LogP contribution in [0.3, 0.4) is 0 Å². The standard InChI is InChI=1S/C26H25IN2O2S/c1-3-18-7-10-21(11-8-18)28-26-29-25(30)24(32-26)15-19-9-12-23(22(27)14-19)31-16-20-6-4-5-17(2)13-20/h4-15,26,28H,3,16H2,1-2H3,(H,29,30)/b24-15-/t26-/m0/s1. The van der Waals surface area contributed by atoms with Crippen LogP contribution in [0.15, 0.2) is 71.6 Å². The number of hydrogen-bond donors (Lipinski definition) is 2. The number of benzene rings is 3. The van der Waals surface area contributed by atoms with Gasteiger partial charge in [-0.25, -0.2) is 0 Å². The van der Waals surface area contributed by atoms with E-state index < -0.39 is 0 Å². The highest BCUT2D eigenvalue weighted by Crippen LogP contribution is 2.31. The van der Waals surface area contributed by atoms with Gasteiger partial charge in [-0.1, -0.05) is 66.7 Å². The van der Waals surface area contributed by atoms with Crippen LogP contribution in [-0.4, -0.2) is 11.4 Å². The fraction of sp³-hybridized carbons (Fsp3) is 0.192. The summed E-state index contributed by atoms with van der Waals surface area (Å²) in [7, 11) is 0. The number of carbonyl (C=O) groups is 1. The molecule has 0 aromatic heterocycles. The predicted octanol–water partition coefficient (Wildman–Crippen LogP) is 6.34. The maximum atomic E-state index is 12.5. The van der Waals surface area contributed by atoms with Gasteiger partial charge in [0.15, 0.2) is 5.50 Å². The van der Waals surface area contributed by atoms with E-state index >= 15 is 0 Å². The highest BCUT2D eigenvalue weighted by molar-refractivity contribution is 14.1. The number of halogens is 1. The Bertz CT molecular complexity index is 1140. The first-order chi connectivity index (χ1) is 15.5. The van der Waals surface area contributed by atoms with Crippen LogP contribution in [0.2, 0.25) is 0 Å². The second-order valence-electron chi connectivity index (χ2n) is 7.64. The molecule has 1 fully saturated rings. The average Bonchev–Trinajstić information content (AvgIpc) is 3.12. The van der Waals surface area contributed by atoms with Crippen molar-refractivity contribution in [2.75, 3.05) is 5.32 Å². The average molecular weight is 556 g/mol. The van der Waals surface area contributed by atoms with E-state index in [1.807, 2.05) is 42.5 Å². The molecule has 164 valence electrons. The molecule has 1 aliphatic heterocycles. The number of thioether (sulfide) groups is 1. The van der Waals surface area contributed by atoms with Crippen LogP contribution in [0.5, 0.6) is 5.75 Å². The zero-order chi connectivity index (χ0) is 22.5. The van der Waals surface area contributed by atoms with E-state index in [0.717, 1.165) is 32.6 Å². The number of ether oxygens (including phenoxy) is 1. The summed E-state index contributed by atoms with van der Waals surface area (Å²) in [6.45, 7) is 4.74. The third kappa shape index (κ3) is 5.86. The van der Waals surface area contributed by atoms with Crippen LogP contribution in [0, 0.1) is 10.5 Å². The molecule has 1 heterocycles. The van der Waals surface area contributed by atoms with Gasteiger partial charge in [-0.3, -0.25) is 4.79 Å². The Balaban J connectivity index is 1.39. The lowest BCUT2D eigenvalue weighted by molar-refractivity contribution is -0.116. The van der Waals surface area contributed by atoms with Gasteiger partial charge >= 0.3 is 0 Å². The molecule has 1 atom stereocenters. The van der Waals surface area contributed by atoms with E-state index in [9.17, 15) is 4.79 Å². The van der Waals surface area contributed by atoms with E-state index in [1.54, 1.807) is 0 Å². The minimum absolute atomic E-state index is 0.0625. The zero-order valence-electron chi connectivity index (χ0n) is 18.0. The predicted molar refractivity (Wildman–Crippen MR) is 142 cm³/mol. The molecule has 0 radical (unpaired) electrons. The van der Waals surface area contributed by atoms with Crippen molar-refractivity contribution >= 4 is 52.0 Å². The van der Waals surface area contributed by atoms with Gasteiger partial charge < -0.3 is 15.4 Å². The maximum absolute atomic E-state index is 12.5. The molecule has 6 heteroatoms. The first kappa shape index (κ1) is 22.7. The molecule has 0 saturated carbocycles. The summed E-state index contributed by atoms with van der Waals surface area (Å²) in [6, 6.07) is 22.6. The molecule has 2 N–H and O–H groups in total. The van der Waals surface area contributed by atoms with E-state index in [0.29, 0.717) is 11.5 Å². The molecule has 3 aromatic carbocycles. The highest BCUT2D eigenvalue weighted by Gasteiger charge is 2.27. The van der Waals surface area contributed by atoms with Crippen molar-refractivity contribution < 1.29 is 9.53 Å². The quantitative estimate of drug-likeness (QED) is 0.264. The van der Waals surface area contributed by atoms with Gasteiger partial charge in [-0.15, -0.1) is 0 Å². The van der Waals surface area contributed by atoms with Crippen LogP contribution >= 0.6 is 34.4 Å². The third-order valence-corrected chi connectivity index (χ3v) is 6.99. The summed E-state index contributed by atoms with van der Waals surface area (Å²) in [5.74, 6) is 0.778. The molecular weight excluding hydrogens is 531 g/mol. The van der Waals surface area contributed by atoms with Crippen molar-refractivity contribution in [2.24, 2.45) is 0 Å². The van der Waals surface area contributed by atoms with Crippen molar-refractivity contribution in [3.8, 4) is 5.75 Å². The van der Waals surface area contributed by atoms with E-state index in [1.165, 1.54) is 22.9 Å². The van der Waals surface area contributed by atoms with Gasteiger partial charge in [0.25, 0.3) is 5.91 Å². The fourth-order valence-electron chi connectivity index (χ4n) is 3.39. The van der Waals surface area contributed by atoms with Crippen molar-refractivity contribution in [3.63, 3.8) is 0 Å². The van der Waals surface area contributed by atoms with Gasteiger partial charge in [0.2, 0.25) is 0 Å². The smallest absolute Gasteiger partial charge is 0.260 e. The Morgan fingerprint density at radius 1 is 1.09 bits per heavy atom. The van der Waals surface area contributed by atoms with E-state index in [2.05, 4.69) is 77.4 Å². The van der Waals surface area contributed by atoms with Crippen LogP contribution in [-0.2, 0) is 17.8 Å². The molecule has 32 heavy (non-hydrogen) atoms. The number of aryl methyl sites for hydroxylation is 2. The van der Waals surface area contributed by atoms with E-state index in [4.69, 9.17) is 4.74 Å². The maximum Gasteiger partial charge on any atom is 0.260 e. The SMILES string of the molecule is CCc1ccc(N[C@H]2NC(=O)/C(=C/c3ccc(OCc4cccc(C)c4)c(I)c3)S2)cc1. The Labute approximate surface area is 207 Å². The molecule has 3 aromatic rings. The van der Waals surface area contributed by atoms with Crippen LogP contribution < -0.4 is 15.4 Å². The topological polar surface area (TPSA) is 50.4 Å². The molecule has 1 amide bonds. The summed E-state index contributed by atoms with van der Waals surface area (Å²) in [5.41, 5.74) is 5.45. The first-order valence-electron chi connectivity index (χ1n) is 10.5. The Morgan fingerprint density at radius 2 is 1.91 bits per heavy atom. The number of nitrogens with one attached hydrogen (secondary N) is 2. The zero-order valence-corrected chi connectivity index (χ0v) is 21.0. The summed E-state index contributed by atoms with van der Waals surface area (Å²) >= 11 is 3.77. The van der Waals surface area contributed by atoms with Crippen LogP contribution in [0.4, 0.5) is 5.69 Å². The Kier molecular flexibility index (Phi) is 7.42. The van der Waals surface area contributed by atoms with E-state index in [-0.39, 0.29) is 11.4 Å². The largest absolute Gasteiger partial charge is 0.488 e. The summed E-state index contributed by atoms with van der Waals surface area (Å²) in [6.07, 6.45) is 2.94. The summed E-state index contributed by atoms with van der Waals surface area (Å²) < 4.78 is 7.01. The second-order valence-corrected chi connectivity index (χ2v) is 9.95. The summed E-state index contributed by atoms with van der Waals surface area (Å²) in [5, 5.41) is 6.35. The van der Waals surface area contributed by atoms with Crippen LogP contribution in [0.1, 0.15) is 29.2 Å². The lowest BCUT2D eigenvalue weighted by Crippen LogP contribution is -2.30. The molecule has 4 rings (SSSR count).